The fourth-order valence-corrected chi connectivity index (χ4v) is 6.91. The summed E-state index contributed by atoms with van der Waals surface area (Å²) in [5, 5.41) is 32.4. The maximum absolute atomic E-state index is 13.0. The average molecular weight is 962 g/mol. The van der Waals surface area contributed by atoms with Crippen LogP contribution in [0.2, 0.25) is 10.0 Å². The van der Waals surface area contributed by atoms with Crippen LogP contribution in [0.3, 0.4) is 0 Å². The van der Waals surface area contributed by atoms with Crippen molar-refractivity contribution in [3.05, 3.63) is 183 Å². The molecule has 0 aliphatic rings. The normalized spacial score (nSPS) is 10.5. The van der Waals surface area contributed by atoms with Gasteiger partial charge in [0.05, 0.1) is 27.9 Å². The van der Waals surface area contributed by atoms with Gasteiger partial charge in [0, 0.05) is 89.8 Å². The Morgan fingerprint density at radius 3 is 1.47 bits per heavy atom. The SMILES string of the molecule is CN(C(=O)c1ccn2ncc(Br)c2c1)c1ccc(Cl)cc1.CNC(=O)c1ccc(-c2cnn3ccc(C(=O)N(C)c4ccc(Cl)cc4)cc23)cc1.CNC(=O)c1ccc(B(O)O)cc1. The van der Waals surface area contributed by atoms with E-state index in [1.54, 1.807) is 125 Å². The average Bonchev–Trinajstić information content (AvgIpc) is 3.93. The summed E-state index contributed by atoms with van der Waals surface area (Å²) in [4.78, 5) is 51.6. The number of benzene rings is 4. The van der Waals surface area contributed by atoms with Gasteiger partial charge in [0.15, 0.2) is 0 Å². The summed E-state index contributed by atoms with van der Waals surface area (Å²) in [6.07, 6.45) is 6.98. The van der Waals surface area contributed by atoms with Gasteiger partial charge in [0.25, 0.3) is 23.6 Å². The van der Waals surface area contributed by atoms with Gasteiger partial charge in [0.1, 0.15) is 0 Å². The second-order valence-electron chi connectivity index (χ2n) is 14.0. The van der Waals surface area contributed by atoms with Gasteiger partial charge in [-0.2, -0.15) is 10.2 Å². The van der Waals surface area contributed by atoms with Crippen LogP contribution in [-0.4, -0.2) is 88.2 Å². The van der Waals surface area contributed by atoms with E-state index in [1.807, 2.05) is 36.4 Å². The van der Waals surface area contributed by atoms with E-state index in [0.717, 1.165) is 38.0 Å². The molecule has 0 aliphatic carbocycles. The lowest BCUT2D eigenvalue weighted by molar-refractivity contribution is 0.0955. The highest BCUT2D eigenvalue weighted by atomic mass is 79.9. The van der Waals surface area contributed by atoms with Crippen LogP contribution in [0.5, 0.6) is 0 Å². The lowest BCUT2D eigenvalue weighted by atomic mass is 9.80. The molecule has 8 aromatic rings. The van der Waals surface area contributed by atoms with Crippen molar-refractivity contribution < 1.29 is 29.2 Å². The number of anilines is 2. The van der Waals surface area contributed by atoms with Crippen LogP contribution in [0.1, 0.15) is 41.4 Å². The van der Waals surface area contributed by atoms with Crippen LogP contribution in [-0.2, 0) is 0 Å². The highest BCUT2D eigenvalue weighted by Gasteiger charge is 2.18. The van der Waals surface area contributed by atoms with Crippen LogP contribution in [0, 0.1) is 0 Å². The number of hydrogen-bond acceptors (Lipinski definition) is 8. The molecule has 4 N–H and O–H groups in total. The van der Waals surface area contributed by atoms with Crippen LogP contribution < -0.4 is 25.9 Å². The summed E-state index contributed by atoms with van der Waals surface area (Å²) in [7, 11) is 5.11. The third-order valence-electron chi connectivity index (χ3n) is 9.91. The number of halogens is 3. The molecule has 8 rings (SSSR count). The molecular weight excluding hydrogens is 922 g/mol. The molecule has 4 aromatic heterocycles. The molecule has 0 radical (unpaired) electrons. The smallest absolute Gasteiger partial charge is 0.423 e. The number of fused-ring (bicyclic) bond motifs is 2. The molecule has 4 heterocycles. The molecule has 324 valence electrons. The van der Waals surface area contributed by atoms with Crippen LogP contribution in [0.25, 0.3) is 22.2 Å². The molecule has 0 unspecified atom stereocenters. The van der Waals surface area contributed by atoms with Crippen molar-refractivity contribution in [2.45, 2.75) is 0 Å². The number of hydrogen-bond donors (Lipinski definition) is 4. The van der Waals surface area contributed by atoms with Crippen molar-refractivity contribution in [2.24, 2.45) is 0 Å². The minimum atomic E-state index is -1.49. The van der Waals surface area contributed by atoms with Gasteiger partial charge in [-0.25, -0.2) is 9.03 Å². The highest BCUT2D eigenvalue weighted by Crippen LogP contribution is 2.27. The van der Waals surface area contributed by atoms with E-state index in [2.05, 4.69) is 36.8 Å². The van der Waals surface area contributed by atoms with Crippen LogP contribution in [0.4, 0.5) is 11.4 Å². The molecule has 14 nitrogen and oxygen atoms in total. The molecule has 0 spiro atoms. The summed E-state index contributed by atoms with van der Waals surface area (Å²) < 4.78 is 4.29. The number of carbonyl (C=O) groups excluding carboxylic acids is 4. The zero-order chi connectivity index (χ0) is 46.1. The number of nitrogens with zero attached hydrogens (tertiary/aromatic N) is 6. The third kappa shape index (κ3) is 11.0. The fraction of sp³-hybridized carbons (Fsp3) is 0.0870. The molecule has 0 saturated carbocycles. The van der Waals surface area contributed by atoms with Crippen molar-refractivity contribution >= 4 is 97.7 Å². The number of amides is 4. The van der Waals surface area contributed by atoms with Gasteiger partial charge in [-0.1, -0.05) is 47.5 Å². The highest BCUT2D eigenvalue weighted by molar-refractivity contribution is 9.10. The van der Waals surface area contributed by atoms with Crippen LogP contribution >= 0.6 is 39.1 Å². The molecule has 0 atom stereocenters. The van der Waals surface area contributed by atoms with Crippen molar-refractivity contribution in [1.82, 2.24) is 29.9 Å². The zero-order valence-electron chi connectivity index (χ0n) is 34.8. The first-order chi connectivity index (χ1) is 30.7. The molecule has 4 amide bonds. The fourth-order valence-electron chi connectivity index (χ4n) is 6.27. The Labute approximate surface area is 386 Å². The summed E-state index contributed by atoms with van der Waals surface area (Å²) >= 11 is 15.2. The second-order valence-corrected chi connectivity index (χ2v) is 15.7. The Balaban J connectivity index is 0.000000174. The van der Waals surface area contributed by atoms with Crippen LogP contribution in [0.15, 0.2) is 151 Å². The lowest BCUT2D eigenvalue weighted by Gasteiger charge is -2.17. The topological polar surface area (TPSA) is 174 Å². The standard InChI is InChI=1S/C23H19ClN4O2.C15H11BrClN3O.C8H10BNO3/c1-25-22(29)16-5-3-15(4-6-16)20-14-26-28-12-11-17(13-21(20)28)23(30)27(2)19-9-7-18(24)8-10-19;1-19(12-4-2-11(17)3-5-12)15(21)10-6-7-20-14(8-10)13(16)9-18-20;1-10-8(11)6-2-4-7(5-3-6)9(12)13/h3-14H,1-2H3,(H,25,29);2-9H,1H3;2-5,12-13H,1H3,(H,10,11). The summed E-state index contributed by atoms with van der Waals surface area (Å²) in [5.74, 6) is -0.562. The van der Waals surface area contributed by atoms with E-state index >= 15 is 0 Å². The molecule has 4 aromatic carbocycles. The number of carbonyl (C=O) groups is 4. The molecular formula is C46H40BBrCl2N8O6. The van der Waals surface area contributed by atoms with Crippen molar-refractivity contribution in [3.63, 3.8) is 0 Å². The largest absolute Gasteiger partial charge is 0.488 e. The maximum Gasteiger partial charge on any atom is 0.488 e. The lowest BCUT2D eigenvalue weighted by Crippen LogP contribution is -2.30. The first kappa shape index (κ1) is 46.7. The van der Waals surface area contributed by atoms with Crippen molar-refractivity contribution in [3.8, 4) is 11.1 Å². The summed E-state index contributed by atoms with van der Waals surface area (Å²) in [5.41, 5.74) is 7.57. The van der Waals surface area contributed by atoms with Gasteiger partial charge >= 0.3 is 7.12 Å². The third-order valence-corrected chi connectivity index (χ3v) is 11.0. The van der Waals surface area contributed by atoms with Gasteiger partial charge in [0.2, 0.25) is 0 Å². The molecule has 0 bridgehead atoms. The number of aromatic nitrogens is 4. The second kappa shape index (κ2) is 21.0. The summed E-state index contributed by atoms with van der Waals surface area (Å²) in [6.45, 7) is 0. The Kier molecular flexibility index (Phi) is 15.3. The van der Waals surface area contributed by atoms with E-state index in [0.29, 0.717) is 37.8 Å². The Hall–Kier alpha value is -6.82. The van der Waals surface area contributed by atoms with Crippen molar-refractivity contribution in [2.75, 3.05) is 38.0 Å². The maximum atomic E-state index is 13.0. The first-order valence-corrected chi connectivity index (χ1v) is 20.9. The quantitative estimate of drug-likeness (QED) is 0.117. The molecule has 64 heavy (non-hydrogen) atoms. The minimum Gasteiger partial charge on any atom is -0.423 e. The molecule has 18 heteroatoms. The van der Waals surface area contributed by atoms with E-state index < -0.39 is 7.12 Å². The molecule has 0 fully saturated rings. The number of rotatable bonds is 8. The Bertz CT molecular complexity index is 2930. The van der Waals surface area contributed by atoms with Gasteiger partial charge in [-0.15, -0.1) is 0 Å². The van der Waals surface area contributed by atoms with Gasteiger partial charge in [-0.3, -0.25) is 19.2 Å². The predicted octanol–water partition coefficient (Wildman–Crippen LogP) is 7.04. The van der Waals surface area contributed by atoms with Gasteiger partial charge < -0.3 is 30.5 Å². The van der Waals surface area contributed by atoms with E-state index in [4.69, 9.17) is 33.2 Å². The Morgan fingerprint density at radius 2 is 1.02 bits per heavy atom. The monoisotopic (exact) mass is 960 g/mol. The number of nitrogens with one attached hydrogen (secondary N) is 2. The first-order valence-electron chi connectivity index (χ1n) is 19.4. The number of pyridine rings is 2. The van der Waals surface area contributed by atoms with E-state index in [9.17, 15) is 19.2 Å². The minimum absolute atomic E-state index is 0.0899. The van der Waals surface area contributed by atoms with E-state index in [-0.39, 0.29) is 23.6 Å². The van der Waals surface area contributed by atoms with Gasteiger partial charge in [-0.05, 0) is 124 Å². The molecule has 0 saturated heterocycles. The summed E-state index contributed by atoms with van der Waals surface area (Å²) in [6, 6.07) is 34.7. The zero-order valence-corrected chi connectivity index (χ0v) is 37.9. The van der Waals surface area contributed by atoms with E-state index in [1.165, 1.54) is 31.3 Å². The van der Waals surface area contributed by atoms with Crippen molar-refractivity contribution in [1.29, 1.82) is 0 Å². The molecule has 0 aliphatic heterocycles. The Morgan fingerprint density at radius 1 is 0.594 bits per heavy atom. The predicted molar refractivity (Wildman–Crippen MR) is 255 cm³/mol.